The van der Waals surface area contributed by atoms with E-state index in [4.69, 9.17) is 9.47 Å². The number of hydrogen-bond acceptors (Lipinski definition) is 7. The molecule has 5 heterocycles. The highest BCUT2D eigenvalue weighted by molar-refractivity contribution is 5.79. The Hall–Kier alpha value is -2.82. The molecule has 0 saturated carbocycles. The van der Waals surface area contributed by atoms with E-state index in [1.807, 2.05) is 9.80 Å². The molecular formula is C36H51N5O4. The number of rotatable bonds is 6. The smallest absolute Gasteiger partial charge is 0.225 e. The molecule has 0 radical (unpaired) electrons. The van der Waals surface area contributed by atoms with Crippen LogP contribution in [-0.2, 0) is 19.1 Å². The predicted molar refractivity (Wildman–Crippen MR) is 175 cm³/mol. The summed E-state index contributed by atoms with van der Waals surface area (Å²) in [7, 11) is 0. The minimum Gasteiger partial charge on any atom is -0.378 e. The maximum absolute atomic E-state index is 12.8. The van der Waals surface area contributed by atoms with E-state index in [2.05, 4.69) is 75.8 Å². The zero-order chi connectivity index (χ0) is 30.8. The molecule has 9 heteroatoms. The van der Waals surface area contributed by atoms with E-state index in [9.17, 15) is 9.59 Å². The highest BCUT2D eigenvalue weighted by Gasteiger charge is 2.39. The van der Waals surface area contributed by atoms with Gasteiger partial charge in [0.05, 0.1) is 32.5 Å². The third-order valence-corrected chi connectivity index (χ3v) is 10.2. The Balaban J connectivity index is 0.000000213. The van der Waals surface area contributed by atoms with Gasteiger partial charge in [-0.05, 0) is 63.0 Å². The molecule has 7 rings (SSSR count). The van der Waals surface area contributed by atoms with E-state index in [0.717, 1.165) is 91.1 Å². The number of hydrogen-bond donors (Lipinski definition) is 1. The summed E-state index contributed by atoms with van der Waals surface area (Å²) in [6.07, 6.45) is 3.98. The lowest BCUT2D eigenvalue weighted by molar-refractivity contribution is -0.142. The molecule has 2 aromatic carbocycles. The second-order valence-electron chi connectivity index (χ2n) is 13.0. The Bertz CT molecular complexity index is 1120. The summed E-state index contributed by atoms with van der Waals surface area (Å²) in [4.78, 5) is 34.0. The average Bonchev–Trinajstić information content (AvgIpc) is 3.11. The van der Waals surface area contributed by atoms with E-state index >= 15 is 0 Å². The number of amides is 2. The highest BCUT2D eigenvalue weighted by Crippen LogP contribution is 2.34. The third kappa shape index (κ3) is 8.32. The largest absolute Gasteiger partial charge is 0.378 e. The standard InChI is InChI=1S/C26H33N3O2.C10H18N2O2/c30-26(28-15-17-31-18-16-28)23-11-13-27(14-12-23)24-19-29(20-24)25(21-7-3-1-4-8-21)22-9-5-2-6-10-22;13-10(9-1-3-11-4-2-9)12-5-7-14-8-6-12/h1-10,23-25H,11-20H2;9,11H,1-8H2. The van der Waals surface area contributed by atoms with Gasteiger partial charge in [-0.1, -0.05) is 60.7 Å². The number of ether oxygens (including phenoxy) is 2. The van der Waals surface area contributed by atoms with Crippen LogP contribution >= 0.6 is 0 Å². The Morgan fingerprint density at radius 1 is 0.622 bits per heavy atom. The molecule has 0 aliphatic carbocycles. The summed E-state index contributed by atoms with van der Waals surface area (Å²) in [5.74, 6) is 1.16. The SMILES string of the molecule is O=C(C1CCN(C2CN(C(c3ccccc3)c3ccccc3)C2)CC1)N1CCOCC1.O=C(C1CCNCC1)N1CCOCC1. The van der Waals surface area contributed by atoms with Crippen LogP contribution in [0.15, 0.2) is 60.7 Å². The Labute approximate surface area is 268 Å². The van der Waals surface area contributed by atoms with Gasteiger partial charge in [0.1, 0.15) is 0 Å². The first-order valence-electron chi connectivity index (χ1n) is 17.2. The fourth-order valence-electron chi connectivity index (χ4n) is 7.48. The molecule has 0 bridgehead atoms. The summed E-state index contributed by atoms with van der Waals surface area (Å²) in [5, 5.41) is 3.28. The monoisotopic (exact) mass is 617 g/mol. The molecule has 9 nitrogen and oxygen atoms in total. The average molecular weight is 618 g/mol. The number of nitrogens with one attached hydrogen (secondary N) is 1. The summed E-state index contributed by atoms with van der Waals surface area (Å²) in [6.45, 7) is 12.1. The van der Waals surface area contributed by atoms with Crippen LogP contribution in [0.2, 0.25) is 0 Å². The zero-order valence-corrected chi connectivity index (χ0v) is 26.7. The van der Waals surface area contributed by atoms with Crippen molar-refractivity contribution in [3.63, 3.8) is 0 Å². The highest BCUT2D eigenvalue weighted by atomic mass is 16.5. The van der Waals surface area contributed by atoms with Gasteiger partial charge in [-0.15, -0.1) is 0 Å². The summed E-state index contributed by atoms with van der Waals surface area (Å²) >= 11 is 0. The lowest BCUT2D eigenvalue weighted by Gasteiger charge is -2.50. The number of nitrogens with zero attached hydrogens (tertiary/aromatic N) is 4. The second-order valence-corrected chi connectivity index (χ2v) is 13.0. The zero-order valence-electron chi connectivity index (χ0n) is 26.7. The lowest BCUT2D eigenvalue weighted by Crippen LogP contribution is -2.61. The molecule has 0 aromatic heterocycles. The minimum atomic E-state index is 0.201. The molecule has 1 N–H and O–H groups in total. The fraction of sp³-hybridized carbons (Fsp3) is 0.611. The van der Waals surface area contributed by atoms with E-state index in [1.54, 1.807) is 0 Å². The third-order valence-electron chi connectivity index (χ3n) is 10.2. The molecule has 2 amide bonds. The molecule has 45 heavy (non-hydrogen) atoms. The van der Waals surface area contributed by atoms with E-state index < -0.39 is 0 Å². The van der Waals surface area contributed by atoms with Gasteiger partial charge in [0.25, 0.3) is 0 Å². The predicted octanol–water partition coefficient (Wildman–Crippen LogP) is 2.88. The van der Waals surface area contributed by atoms with Crippen LogP contribution in [-0.4, -0.2) is 129 Å². The number of carbonyl (C=O) groups is 2. The molecular weight excluding hydrogens is 566 g/mol. The second kappa shape index (κ2) is 16.1. The maximum atomic E-state index is 12.8. The van der Waals surface area contributed by atoms with Gasteiger partial charge < -0.3 is 24.6 Å². The molecule has 5 aliphatic heterocycles. The Morgan fingerprint density at radius 3 is 1.53 bits per heavy atom. The van der Waals surface area contributed by atoms with E-state index in [1.165, 1.54) is 11.1 Å². The first kappa shape index (κ1) is 32.1. The van der Waals surface area contributed by atoms with Crippen molar-refractivity contribution in [3.05, 3.63) is 71.8 Å². The van der Waals surface area contributed by atoms with Gasteiger partial charge in [-0.3, -0.25) is 19.4 Å². The van der Waals surface area contributed by atoms with Crippen molar-refractivity contribution in [3.8, 4) is 0 Å². The van der Waals surface area contributed by atoms with Crippen LogP contribution in [0.1, 0.15) is 42.9 Å². The first-order chi connectivity index (χ1) is 22.2. The number of carbonyl (C=O) groups excluding carboxylic acids is 2. The quantitative estimate of drug-likeness (QED) is 0.535. The summed E-state index contributed by atoms with van der Waals surface area (Å²) in [6, 6.07) is 22.6. The molecule has 0 unspecified atom stereocenters. The number of benzene rings is 2. The first-order valence-corrected chi connectivity index (χ1v) is 17.2. The van der Waals surface area contributed by atoms with Gasteiger partial charge in [-0.25, -0.2) is 0 Å². The molecule has 5 aliphatic rings. The molecule has 0 atom stereocenters. The van der Waals surface area contributed by atoms with Crippen molar-refractivity contribution in [1.29, 1.82) is 0 Å². The van der Waals surface area contributed by atoms with Gasteiger partial charge in [0.15, 0.2) is 0 Å². The van der Waals surface area contributed by atoms with Crippen LogP contribution in [0.3, 0.4) is 0 Å². The van der Waals surface area contributed by atoms with Gasteiger partial charge >= 0.3 is 0 Å². The Kier molecular flexibility index (Phi) is 11.5. The van der Waals surface area contributed by atoms with Crippen molar-refractivity contribution in [2.24, 2.45) is 11.8 Å². The lowest BCUT2D eigenvalue weighted by atomic mass is 9.90. The molecule has 5 fully saturated rings. The molecule has 0 spiro atoms. The number of piperidine rings is 2. The topological polar surface area (TPSA) is 77.6 Å². The number of likely N-dealkylation sites (tertiary alicyclic amines) is 2. The van der Waals surface area contributed by atoms with Crippen molar-refractivity contribution >= 4 is 11.8 Å². The molecule has 2 aromatic rings. The summed E-state index contributed by atoms with van der Waals surface area (Å²) in [5.41, 5.74) is 2.73. The number of morpholine rings is 2. The summed E-state index contributed by atoms with van der Waals surface area (Å²) < 4.78 is 10.6. The Morgan fingerprint density at radius 2 is 1.07 bits per heavy atom. The van der Waals surface area contributed by atoms with E-state index in [-0.39, 0.29) is 11.8 Å². The van der Waals surface area contributed by atoms with Gasteiger partial charge in [-0.2, -0.15) is 0 Å². The molecule has 5 saturated heterocycles. The van der Waals surface area contributed by atoms with Gasteiger partial charge in [0.2, 0.25) is 11.8 Å². The fourth-order valence-corrected chi connectivity index (χ4v) is 7.48. The molecule has 244 valence electrons. The minimum absolute atomic E-state index is 0.201. The van der Waals surface area contributed by atoms with Crippen LogP contribution in [0.5, 0.6) is 0 Å². The maximum Gasteiger partial charge on any atom is 0.225 e. The van der Waals surface area contributed by atoms with Gasteiger partial charge in [0, 0.05) is 57.1 Å². The van der Waals surface area contributed by atoms with Crippen molar-refractivity contribution in [2.75, 3.05) is 91.9 Å². The van der Waals surface area contributed by atoms with E-state index in [0.29, 0.717) is 50.3 Å². The van der Waals surface area contributed by atoms with Crippen molar-refractivity contribution in [1.82, 2.24) is 24.9 Å². The van der Waals surface area contributed by atoms with Crippen molar-refractivity contribution < 1.29 is 19.1 Å². The van der Waals surface area contributed by atoms with Crippen LogP contribution < -0.4 is 5.32 Å². The normalized spacial score (nSPS) is 22.9. The van der Waals surface area contributed by atoms with Crippen LogP contribution in [0.25, 0.3) is 0 Å². The van der Waals surface area contributed by atoms with Crippen molar-refractivity contribution in [2.45, 2.75) is 37.8 Å². The van der Waals surface area contributed by atoms with Crippen LogP contribution in [0, 0.1) is 11.8 Å². The van der Waals surface area contributed by atoms with Crippen LogP contribution in [0.4, 0.5) is 0 Å².